The van der Waals surface area contributed by atoms with E-state index in [0.717, 1.165) is 11.4 Å². The second kappa shape index (κ2) is 6.04. The zero-order valence-corrected chi connectivity index (χ0v) is 12.0. The Labute approximate surface area is 120 Å². The maximum Gasteiger partial charge on any atom is 0.253 e. The van der Waals surface area contributed by atoms with E-state index >= 15 is 0 Å². The Bertz CT molecular complexity index is 597. The van der Waals surface area contributed by atoms with Crippen LogP contribution in [0.2, 0.25) is 5.02 Å². The Balaban J connectivity index is 2.01. The van der Waals surface area contributed by atoms with Gasteiger partial charge in [-0.25, -0.2) is 4.98 Å². The van der Waals surface area contributed by atoms with Crippen LogP contribution in [0.15, 0.2) is 24.4 Å². The zero-order chi connectivity index (χ0) is 13.8. The molecule has 0 unspecified atom stereocenters. The van der Waals surface area contributed by atoms with Crippen molar-refractivity contribution in [3.63, 3.8) is 0 Å². The third-order valence-corrected chi connectivity index (χ3v) is 3.99. The number of nitrogen functional groups attached to an aromatic ring is 1. The van der Waals surface area contributed by atoms with Crippen LogP contribution in [0, 0.1) is 0 Å². The SMILES string of the molecule is CCc1cnc(CNC(=O)c2ccc(Cl)cc2N)s1. The van der Waals surface area contributed by atoms with Crippen molar-refractivity contribution in [1.29, 1.82) is 0 Å². The molecule has 0 aliphatic carbocycles. The third kappa shape index (κ3) is 3.45. The summed E-state index contributed by atoms with van der Waals surface area (Å²) in [5, 5.41) is 4.20. The van der Waals surface area contributed by atoms with Crippen molar-refractivity contribution < 1.29 is 4.79 Å². The van der Waals surface area contributed by atoms with Crippen LogP contribution < -0.4 is 11.1 Å². The fraction of sp³-hybridized carbons (Fsp3) is 0.231. The summed E-state index contributed by atoms with van der Waals surface area (Å²) < 4.78 is 0. The molecule has 100 valence electrons. The summed E-state index contributed by atoms with van der Waals surface area (Å²) in [7, 11) is 0. The highest BCUT2D eigenvalue weighted by atomic mass is 35.5. The van der Waals surface area contributed by atoms with E-state index in [1.165, 1.54) is 4.88 Å². The molecule has 0 saturated carbocycles. The van der Waals surface area contributed by atoms with E-state index in [4.69, 9.17) is 17.3 Å². The topological polar surface area (TPSA) is 68.0 Å². The number of nitrogens with zero attached hydrogens (tertiary/aromatic N) is 1. The van der Waals surface area contributed by atoms with Crippen LogP contribution in [-0.2, 0) is 13.0 Å². The lowest BCUT2D eigenvalue weighted by atomic mass is 10.1. The molecule has 0 bridgehead atoms. The number of carbonyl (C=O) groups excluding carboxylic acids is 1. The number of amides is 1. The minimum atomic E-state index is -0.220. The molecule has 0 aliphatic heterocycles. The van der Waals surface area contributed by atoms with Gasteiger partial charge in [0.1, 0.15) is 5.01 Å². The molecule has 19 heavy (non-hydrogen) atoms. The first kappa shape index (κ1) is 13.8. The highest BCUT2D eigenvalue weighted by molar-refractivity contribution is 7.11. The molecule has 2 aromatic rings. The monoisotopic (exact) mass is 295 g/mol. The van der Waals surface area contributed by atoms with Gasteiger partial charge in [-0.1, -0.05) is 18.5 Å². The maximum atomic E-state index is 12.0. The normalized spacial score (nSPS) is 10.4. The Hall–Kier alpha value is -1.59. The molecule has 1 aromatic heterocycles. The minimum Gasteiger partial charge on any atom is -0.398 e. The van der Waals surface area contributed by atoms with Gasteiger partial charge in [-0.05, 0) is 24.6 Å². The summed E-state index contributed by atoms with van der Waals surface area (Å²) >= 11 is 7.39. The van der Waals surface area contributed by atoms with Crippen molar-refractivity contribution in [3.05, 3.63) is 44.9 Å². The Kier molecular flexibility index (Phi) is 4.39. The Morgan fingerprint density at radius 3 is 2.95 bits per heavy atom. The smallest absolute Gasteiger partial charge is 0.253 e. The van der Waals surface area contributed by atoms with Crippen molar-refractivity contribution in [2.24, 2.45) is 0 Å². The number of anilines is 1. The van der Waals surface area contributed by atoms with Crippen LogP contribution in [0.1, 0.15) is 27.2 Å². The molecule has 4 nitrogen and oxygen atoms in total. The lowest BCUT2D eigenvalue weighted by Crippen LogP contribution is -2.23. The van der Waals surface area contributed by atoms with Crippen LogP contribution in [0.3, 0.4) is 0 Å². The molecule has 2 rings (SSSR count). The van der Waals surface area contributed by atoms with E-state index in [2.05, 4.69) is 17.2 Å². The quantitative estimate of drug-likeness (QED) is 0.852. The van der Waals surface area contributed by atoms with E-state index in [-0.39, 0.29) is 5.91 Å². The molecule has 0 spiro atoms. The second-order valence-corrected chi connectivity index (χ2v) is 5.62. The molecule has 0 atom stereocenters. The Morgan fingerprint density at radius 1 is 1.53 bits per heavy atom. The predicted molar refractivity (Wildman–Crippen MR) is 78.5 cm³/mol. The Morgan fingerprint density at radius 2 is 2.32 bits per heavy atom. The number of hydrogen-bond donors (Lipinski definition) is 2. The average molecular weight is 296 g/mol. The predicted octanol–water partition coefficient (Wildman–Crippen LogP) is 2.87. The fourth-order valence-electron chi connectivity index (χ4n) is 1.58. The molecule has 6 heteroatoms. The standard InChI is InChI=1S/C13H14ClN3OS/c1-2-9-6-16-12(19-9)7-17-13(18)10-4-3-8(14)5-11(10)15/h3-6H,2,7,15H2,1H3,(H,17,18). The number of benzene rings is 1. The van der Waals surface area contributed by atoms with Gasteiger partial charge < -0.3 is 11.1 Å². The van der Waals surface area contributed by atoms with Crippen molar-refractivity contribution in [1.82, 2.24) is 10.3 Å². The molecular weight excluding hydrogens is 282 g/mol. The van der Waals surface area contributed by atoms with E-state index in [0.29, 0.717) is 22.8 Å². The first-order valence-electron chi connectivity index (χ1n) is 5.87. The summed E-state index contributed by atoms with van der Waals surface area (Å²) in [6, 6.07) is 4.83. The van der Waals surface area contributed by atoms with Crippen LogP contribution in [-0.4, -0.2) is 10.9 Å². The molecular formula is C13H14ClN3OS. The summed E-state index contributed by atoms with van der Waals surface area (Å²) in [5.41, 5.74) is 6.56. The van der Waals surface area contributed by atoms with Gasteiger partial charge in [0, 0.05) is 21.8 Å². The fourth-order valence-corrected chi connectivity index (χ4v) is 2.57. The number of nitrogens with one attached hydrogen (secondary N) is 1. The summed E-state index contributed by atoms with van der Waals surface area (Å²) in [6.45, 7) is 2.48. The minimum absolute atomic E-state index is 0.220. The number of aromatic nitrogens is 1. The van der Waals surface area contributed by atoms with Gasteiger partial charge in [-0.3, -0.25) is 4.79 Å². The molecule has 1 aromatic carbocycles. The van der Waals surface area contributed by atoms with Gasteiger partial charge in [0.15, 0.2) is 0 Å². The second-order valence-electron chi connectivity index (χ2n) is 3.99. The van der Waals surface area contributed by atoms with Crippen molar-refractivity contribution in [2.45, 2.75) is 19.9 Å². The largest absolute Gasteiger partial charge is 0.398 e. The lowest BCUT2D eigenvalue weighted by molar-refractivity contribution is 0.0952. The van der Waals surface area contributed by atoms with Gasteiger partial charge in [-0.15, -0.1) is 11.3 Å². The average Bonchev–Trinajstić information content (AvgIpc) is 2.84. The molecule has 1 amide bonds. The highest BCUT2D eigenvalue weighted by Gasteiger charge is 2.10. The third-order valence-electron chi connectivity index (χ3n) is 2.61. The molecule has 1 heterocycles. The van der Waals surface area contributed by atoms with Crippen LogP contribution in [0.25, 0.3) is 0 Å². The van der Waals surface area contributed by atoms with Gasteiger partial charge in [0.25, 0.3) is 5.91 Å². The van der Waals surface area contributed by atoms with E-state index < -0.39 is 0 Å². The van der Waals surface area contributed by atoms with E-state index in [1.807, 2.05) is 6.20 Å². The number of thiazole rings is 1. The summed E-state index contributed by atoms with van der Waals surface area (Å²) in [5.74, 6) is -0.220. The molecule has 0 radical (unpaired) electrons. The number of hydrogen-bond acceptors (Lipinski definition) is 4. The first-order valence-corrected chi connectivity index (χ1v) is 7.06. The highest BCUT2D eigenvalue weighted by Crippen LogP contribution is 2.18. The van der Waals surface area contributed by atoms with Gasteiger partial charge in [0.05, 0.1) is 12.1 Å². The summed E-state index contributed by atoms with van der Waals surface area (Å²) in [4.78, 5) is 17.4. The zero-order valence-electron chi connectivity index (χ0n) is 10.4. The number of nitrogens with two attached hydrogens (primary N) is 1. The number of rotatable bonds is 4. The van der Waals surface area contributed by atoms with Gasteiger partial charge in [-0.2, -0.15) is 0 Å². The first-order chi connectivity index (χ1) is 9.10. The number of halogens is 1. The molecule has 3 N–H and O–H groups in total. The molecule has 0 aliphatic rings. The maximum absolute atomic E-state index is 12.0. The number of aryl methyl sites for hydroxylation is 1. The van der Waals surface area contributed by atoms with E-state index in [9.17, 15) is 4.79 Å². The lowest BCUT2D eigenvalue weighted by Gasteiger charge is -2.06. The van der Waals surface area contributed by atoms with Crippen LogP contribution in [0.5, 0.6) is 0 Å². The molecule has 0 fully saturated rings. The van der Waals surface area contributed by atoms with Crippen LogP contribution >= 0.6 is 22.9 Å². The summed E-state index contributed by atoms with van der Waals surface area (Å²) in [6.07, 6.45) is 2.79. The van der Waals surface area contributed by atoms with Gasteiger partial charge in [0.2, 0.25) is 0 Å². The van der Waals surface area contributed by atoms with E-state index in [1.54, 1.807) is 29.5 Å². The van der Waals surface area contributed by atoms with Crippen LogP contribution in [0.4, 0.5) is 5.69 Å². The van der Waals surface area contributed by atoms with Gasteiger partial charge >= 0.3 is 0 Å². The molecule has 0 saturated heterocycles. The number of carbonyl (C=O) groups is 1. The van der Waals surface area contributed by atoms with Crippen molar-refractivity contribution >= 4 is 34.5 Å². The van der Waals surface area contributed by atoms with Crippen molar-refractivity contribution in [3.8, 4) is 0 Å². The van der Waals surface area contributed by atoms with Crippen molar-refractivity contribution in [2.75, 3.05) is 5.73 Å².